The Hall–Kier alpha value is -1.16. The molecule has 1 fully saturated rings. The number of aromatic nitrogens is 2. The van der Waals surface area contributed by atoms with Crippen molar-refractivity contribution in [1.29, 1.82) is 0 Å². The third-order valence-corrected chi connectivity index (χ3v) is 2.87. The molecule has 2 rings (SSSR count). The molecule has 0 bridgehead atoms. The van der Waals surface area contributed by atoms with Gasteiger partial charge in [0.2, 0.25) is 0 Å². The van der Waals surface area contributed by atoms with Crippen molar-refractivity contribution in [2.75, 3.05) is 6.54 Å². The molecular formula is C10H12ClN3O. The number of amides is 1. The Kier molecular flexibility index (Phi) is 2.86. The predicted molar refractivity (Wildman–Crippen MR) is 56.6 cm³/mol. The molecule has 1 N–H and O–H groups in total. The van der Waals surface area contributed by atoms with Crippen LogP contribution in [0.5, 0.6) is 0 Å². The van der Waals surface area contributed by atoms with Crippen LogP contribution in [0.3, 0.4) is 0 Å². The van der Waals surface area contributed by atoms with Crippen molar-refractivity contribution in [2.45, 2.75) is 13.3 Å². The lowest BCUT2D eigenvalue weighted by Gasteiger charge is -2.02. The number of halogens is 1. The van der Waals surface area contributed by atoms with Gasteiger partial charge in [-0.1, -0.05) is 18.5 Å². The van der Waals surface area contributed by atoms with E-state index in [4.69, 9.17) is 11.6 Å². The maximum absolute atomic E-state index is 11.5. The second-order valence-electron chi connectivity index (χ2n) is 3.92. The molecule has 2 unspecified atom stereocenters. The minimum absolute atomic E-state index is 0.182. The Morgan fingerprint density at radius 1 is 1.60 bits per heavy atom. The molecule has 1 amide bonds. The zero-order chi connectivity index (χ0) is 10.8. The lowest BCUT2D eigenvalue weighted by Crippen LogP contribution is -2.26. The van der Waals surface area contributed by atoms with Gasteiger partial charge in [-0.3, -0.25) is 4.79 Å². The zero-order valence-electron chi connectivity index (χ0n) is 8.40. The summed E-state index contributed by atoms with van der Waals surface area (Å²) in [6.07, 6.45) is 1.20. The summed E-state index contributed by atoms with van der Waals surface area (Å²) < 4.78 is 0. The lowest BCUT2D eigenvalue weighted by molar-refractivity contribution is 0.0945. The van der Waals surface area contributed by atoms with Crippen molar-refractivity contribution in [3.05, 3.63) is 23.0 Å². The molecule has 4 nitrogen and oxygen atoms in total. The van der Waals surface area contributed by atoms with E-state index in [1.807, 2.05) is 0 Å². The fourth-order valence-corrected chi connectivity index (χ4v) is 1.54. The van der Waals surface area contributed by atoms with Gasteiger partial charge in [0, 0.05) is 6.54 Å². The van der Waals surface area contributed by atoms with Gasteiger partial charge in [0.15, 0.2) is 10.8 Å². The van der Waals surface area contributed by atoms with E-state index in [0.717, 1.165) is 12.5 Å². The molecule has 15 heavy (non-hydrogen) atoms. The monoisotopic (exact) mass is 225 g/mol. The molecule has 1 saturated carbocycles. The van der Waals surface area contributed by atoms with Crippen molar-refractivity contribution in [3.8, 4) is 0 Å². The SMILES string of the molecule is CC1CC1CNC(=O)c1ccc(Cl)nn1. The summed E-state index contributed by atoms with van der Waals surface area (Å²) in [5, 5.41) is 10.4. The van der Waals surface area contributed by atoms with E-state index >= 15 is 0 Å². The summed E-state index contributed by atoms with van der Waals surface area (Å²) in [5.74, 6) is 1.19. The van der Waals surface area contributed by atoms with Crippen LogP contribution in [0.15, 0.2) is 12.1 Å². The summed E-state index contributed by atoms with van der Waals surface area (Å²) in [6.45, 7) is 2.91. The van der Waals surface area contributed by atoms with Crippen LogP contribution in [0.4, 0.5) is 0 Å². The van der Waals surface area contributed by atoms with Gasteiger partial charge in [-0.2, -0.15) is 0 Å². The van der Waals surface area contributed by atoms with Crippen LogP contribution in [0.1, 0.15) is 23.8 Å². The number of hydrogen-bond acceptors (Lipinski definition) is 3. The number of nitrogens with zero attached hydrogens (tertiary/aromatic N) is 2. The second-order valence-corrected chi connectivity index (χ2v) is 4.31. The zero-order valence-corrected chi connectivity index (χ0v) is 9.16. The Morgan fingerprint density at radius 3 is 2.87 bits per heavy atom. The van der Waals surface area contributed by atoms with Crippen LogP contribution in [0, 0.1) is 11.8 Å². The molecule has 0 aliphatic heterocycles. The average Bonchev–Trinajstić information content (AvgIpc) is 2.92. The molecule has 1 aromatic rings. The number of carbonyl (C=O) groups excluding carboxylic acids is 1. The Balaban J connectivity index is 1.87. The van der Waals surface area contributed by atoms with E-state index in [1.54, 1.807) is 12.1 Å². The highest BCUT2D eigenvalue weighted by molar-refractivity contribution is 6.29. The Bertz CT molecular complexity index is 365. The van der Waals surface area contributed by atoms with Gasteiger partial charge >= 0.3 is 0 Å². The highest BCUT2D eigenvalue weighted by Gasteiger charge is 2.32. The molecule has 0 saturated heterocycles. The van der Waals surface area contributed by atoms with Gasteiger partial charge < -0.3 is 5.32 Å². The second kappa shape index (κ2) is 4.14. The molecule has 80 valence electrons. The first-order valence-electron chi connectivity index (χ1n) is 4.94. The normalized spacial score (nSPS) is 23.6. The van der Waals surface area contributed by atoms with Crippen molar-refractivity contribution < 1.29 is 4.79 Å². The largest absolute Gasteiger partial charge is 0.350 e. The lowest BCUT2D eigenvalue weighted by atomic mass is 10.3. The quantitative estimate of drug-likeness (QED) is 0.849. The van der Waals surface area contributed by atoms with Crippen molar-refractivity contribution in [2.24, 2.45) is 11.8 Å². The third-order valence-electron chi connectivity index (χ3n) is 2.67. The topological polar surface area (TPSA) is 54.9 Å². The first-order valence-corrected chi connectivity index (χ1v) is 5.32. The van der Waals surface area contributed by atoms with E-state index in [0.29, 0.717) is 16.8 Å². The predicted octanol–water partition coefficient (Wildman–Crippen LogP) is 1.52. The summed E-state index contributed by atoms with van der Waals surface area (Å²) in [5.41, 5.74) is 0.313. The maximum atomic E-state index is 11.5. The van der Waals surface area contributed by atoms with Crippen LogP contribution in [0.25, 0.3) is 0 Å². The number of carbonyl (C=O) groups is 1. The summed E-state index contributed by atoms with van der Waals surface area (Å²) >= 11 is 5.57. The molecule has 1 aliphatic carbocycles. The fourth-order valence-electron chi connectivity index (χ4n) is 1.43. The van der Waals surface area contributed by atoms with Gasteiger partial charge in [-0.05, 0) is 30.4 Å². The minimum atomic E-state index is -0.182. The summed E-state index contributed by atoms with van der Waals surface area (Å²) in [4.78, 5) is 11.5. The van der Waals surface area contributed by atoms with E-state index < -0.39 is 0 Å². The summed E-state index contributed by atoms with van der Waals surface area (Å²) in [6, 6.07) is 3.13. The van der Waals surface area contributed by atoms with E-state index in [-0.39, 0.29) is 5.91 Å². The highest BCUT2D eigenvalue weighted by atomic mass is 35.5. The molecule has 2 atom stereocenters. The average molecular weight is 226 g/mol. The molecule has 1 aromatic heterocycles. The smallest absolute Gasteiger partial charge is 0.271 e. The van der Waals surface area contributed by atoms with Crippen molar-refractivity contribution in [1.82, 2.24) is 15.5 Å². The molecule has 1 heterocycles. The Labute approximate surface area is 93.0 Å². The van der Waals surface area contributed by atoms with E-state index in [1.165, 1.54) is 6.42 Å². The van der Waals surface area contributed by atoms with Crippen LogP contribution in [-0.2, 0) is 0 Å². The van der Waals surface area contributed by atoms with Crippen LogP contribution in [-0.4, -0.2) is 22.6 Å². The molecule has 1 aliphatic rings. The first kappa shape index (κ1) is 10.4. The standard InChI is InChI=1S/C10H12ClN3O/c1-6-4-7(6)5-12-10(15)8-2-3-9(11)14-13-8/h2-3,6-7H,4-5H2,1H3,(H,12,15). The first-order chi connectivity index (χ1) is 7.16. The van der Waals surface area contributed by atoms with Crippen LogP contribution < -0.4 is 5.32 Å². The maximum Gasteiger partial charge on any atom is 0.271 e. The van der Waals surface area contributed by atoms with Crippen molar-refractivity contribution >= 4 is 17.5 Å². The van der Waals surface area contributed by atoms with Crippen LogP contribution >= 0.6 is 11.6 Å². The molecule has 0 spiro atoms. The van der Waals surface area contributed by atoms with E-state index in [2.05, 4.69) is 22.4 Å². The number of hydrogen-bond donors (Lipinski definition) is 1. The van der Waals surface area contributed by atoms with Crippen LogP contribution in [0.2, 0.25) is 5.15 Å². The molecule has 5 heteroatoms. The van der Waals surface area contributed by atoms with Crippen molar-refractivity contribution in [3.63, 3.8) is 0 Å². The molecule has 0 radical (unpaired) electrons. The van der Waals surface area contributed by atoms with Gasteiger partial charge in [-0.15, -0.1) is 10.2 Å². The van der Waals surface area contributed by atoms with Gasteiger partial charge in [0.25, 0.3) is 5.91 Å². The number of nitrogens with one attached hydrogen (secondary N) is 1. The minimum Gasteiger partial charge on any atom is -0.350 e. The van der Waals surface area contributed by atoms with Gasteiger partial charge in [0.1, 0.15) is 0 Å². The third kappa shape index (κ3) is 2.65. The number of rotatable bonds is 3. The highest BCUT2D eigenvalue weighted by Crippen LogP contribution is 2.36. The fraction of sp³-hybridized carbons (Fsp3) is 0.500. The van der Waals surface area contributed by atoms with Gasteiger partial charge in [-0.25, -0.2) is 0 Å². The summed E-state index contributed by atoms with van der Waals surface area (Å²) in [7, 11) is 0. The Morgan fingerprint density at radius 2 is 2.33 bits per heavy atom. The molecular weight excluding hydrogens is 214 g/mol. The molecule has 0 aromatic carbocycles. The van der Waals surface area contributed by atoms with Gasteiger partial charge in [0.05, 0.1) is 0 Å². The van der Waals surface area contributed by atoms with E-state index in [9.17, 15) is 4.79 Å².